The number of aliphatic carboxylic acids is 1. The fourth-order valence-corrected chi connectivity index (χ4v) is 7.15. The van der Waals surface area contributed by atoms with E-state index < -0.39 is 27.2 Å². The molecular formula is C15H25NO4S. The standard InChI is InChI=1S/C15H25NO4S/c17-15(18)12-7-3-9-14(12)21(19,20)16-10-4-8-13(16)11-5-1-2-6-11/h11-14H,1-10H2,(H,17,18). The Hall–Kier alpha value is -0.620. The number of carboxylic acid groups (broad SMARTS) is 1. The average molecular weight is 315 g/mol. The third-order valence-electron chi connectivity index (χ3n) is 5.67. The first kappa shape index (κ1) is 15.3. The number of carboxylic acids is 1. The first-order valence-electron chi connectivity index (χ1n) is 8.25. The van der Waals surface area contributed by atoms with Crippen molar-refractivity contribution < 1.29 is 18.3 Å². The maximum Gasteiger partial charge on any atom is 0.307 e. The van der Waals surface area contributed by atoms with Crippen LogP contribution in [-0.2, 0) is 14.8 Å². The average Bonchev–Trinajstić information content (AvgIpc) is 3.18. The Bertz CT molecular complexity index is 498. The molecular weight excluding hydrogens is 290 g/mol. The zero-order valence-electron chi connectivity index (χ0n) is 12.4. The van der Waals surface area contributed by atoms with Crippen LogP contribution in [-0.4, -0.2) is 41.6 Å². The van der Waals surface area contributed by atoms with Gasteiger partial charge in [-0.2, -0.15) is 4.31 Å². The SMILES string of the molecule is O=C(O)C1CCCC1S(=O)(=O)N1CCCC1C1CCCC1. The fourth-order valence-electron chi connectivity index (χ4n) is 4.63. The highest BCUT2D eigenvalue weighted by molar-refractivity contribution is 7.89. The van der Waals surface area contributed by atoms with Crippen LogP contribution in [0.1, 0.15) is 57.8 Å². The first-order chi connectivity index (χ1) is 10.0. The van der Waals surface area contributed by atoms with Crippen LogP contribution in [0.3, 0.4) is 0 Å². The van der Waals surface area contributed by atoms with Crippen LogP contribution in [0.2, 0.25) is 0 Å². The minimum atomic E-state index is -3.47. The van der Waals surface area contributed by atoms with E-state index in [1.165, 1.54) is 12.8 Å². The van der Waals surface area contributed by atoms with Crippen molar-refractivity contribution in [2.45, 2.75) is 69.1 Å². The van der Waals surface area contributed by atoms with Crippen LogP contribution in [0.4, 0.5) is 0 Å². The number of hydrogen-bond acceptors (Lipinski definition) is 3. The summed E-state index contributed by atoms with van der Waals surface area (Å²) in [5.74, 6) is -1.16. The van der Waals surface area contributed by atoms with E-state index >= 15 is 0 Å². The van der Waals surface area contributed by atoms with Crippen molar-refractivity contribution in [2.75, 3.05) is 6.54 Å². The van der Waals surface area contributed by atoms with Crippen molar-refractivity contribution in [3.8, 4) is 0 Å². The molecule has 3 unspecified atom stereocenters. The number of nitrogens with zero attached hydrogens (tertiary/aromatic N) is 1. The van der Waals surface area contributed by atoms with Crippen molar-refractivity contribution in [3.05, 3.63) is 0 Å². The molecule has 3 rings (SSSR count). The van der Waals surface area contributed by atoms with Gasteiger partial charge in [-0.05, 0) is 44.4 Å². The molecule has 6 heteroatoms. The van der Waals surface area contributed by atoms with Gasteiger partial charge in [0.2, 0.25) is 10.0 Å². The summed E-state index contributed by atoms with van der Waals surface area (Å²) < 4.78 is 27.6. The highest BCUT2D eigenvalue weighted by Gasteiger charge is 2.48. The molecule has 1 saturated heterocycles. The summed E-state index contributed by atoms with van der Waals surface area (Å²) in [4.78, 5) is 11.3. The zero-order chi connectivity index (χ0) is 15.0. The van der Waals surface area contributed by atoms with Gasteiger partial charge in [-0.1, -0.05) is 19.3 Å². The lowest BCUT2D eigenvalue weighted by Crippen LogP contribution is -2.46. The Morgan fingerprint density at radius 1 is 0.952 bits per heavy atom. The Balaban J connectivity index is 1.81. The molecule has 5 nitrogen and oxygen atoms in total. The number of sulfonamides is 1. The van der Waals surface area contributed by atoms with E-state index in [-0.39, 0.29) is 6.04 Å². The zero-order valence-corrected chi connectivity index (χ0v) is 13.2. The minimum Gasteiger partial charge on any atom is -0.481 e. The van der Waals surface area contributed by atoms with Gasteiger partial charge >= 0.3 is 5.97 Å². The maximum absolute atomic E-state index is 13.0. The van der Waals surface area contributed by atoms with Gasteiger partial charge in [0.1, 0.15) is 0 Å². The van der Waals surface area contributed by atoms with Crippen LogP contribution < -0.4 is 0 Å². The lowest BCUT2D eigenvalue weighted by molar-refractivity contribution is -0.141. The van der Waals surface area contributed by atoms with E-state index in [1.807, 2.05) is 0 Å². The molecule has 3 fully saturated rings. The van der Waals surface area contributed by atoms with Gasteiger partial charge < -0.3 is 5.11 Å². The summed E-state index contributed by atoms with van der Waals surface area (Å²) in [5.41, 5.74) is 0. The third kappa shape index (κ3) is 2.72. The van der Waals surface area contributed by atoms with Crippen molar-refractivity contribution in [3.63, 3.8) is 0 Å². The van der Waals surface area contributed by atoms with Crippen molar-refractivity contribution >= 4 is 16.0 Å². The molecule has 0 amide bonds. The summed E-state index contributed by atoms with van der Waals surface area (Å²) in [6.07, 6.45) is 8.26. The molecule has 3 aliphatic rings. The predicted molar refractivity (Wildman–Crippen MR) is 79.4 cm³/mol. The summed E-state index contributed by atoms with van der Waals surface area (Å²) >= 11 is 0. The Morgan fingerprint density at radius 2 is 1.67 bits per heavy atom. The largest absolute Gasteiger partial charge is 0.481 e. The molecule has 21 heavy (non-hydrogen) atoms. The van der Waals surface area contributed by atoms with Crippen molar-refractivity contribution in [1.29, 1.82) is 0 Å². The summed E-state index contributed by atoms with van der Waals surface area (Å²) in [6.45, 7) is 0.590. The van der Waals surface area contributed by atoms with E-state index in [1.54, 1.807) is 4.31 Å². The van der Waals surface area contributed by atoms with E-state index in [0.29, 0.717) is 31.7 Å². The van der Waals surface area contributed by atoms with Crippen molar-refractivity contribution in [1.82, 2.24) is 4.31 Å². The van der Waals surface area contributed by atoms with Crippen molar-refractivity contribution in [2.24, 2.45) is 11.8 Å². The van der Waals surface area contributed by atoms with Crippen LogP contribution in [0, 0.1) is 11.8 Å². The van der Waals surface area contributed by atoms with Gasteiger partial charge in [0.05, 0.1) is 11.2 Å². The molecule has 1 heterocycles. The van der Waals surface area contributed by atoms with Gasteiger partial charge in [-0.15, -0.1) is 0 Å². The molecule has 3 atom stereocenters. The molecule has 1 N–H and O–H groups in total. The van der Waals surface area contributed by atoms with Crippen LogP contribution in [0.25, 0.3) is 0 Å². The molecule has 1 aliphatic heterocycles. The lowest BCUT2D eigenvalue weighted by Gasteiger charge is -2.32. The molecule has 2 aliphatic carbocycles. The summed E-state index contributed by atoms with van der Waals surface area (Å²) in [5, 5.41) is 8.59. The normalized spacial score (nSPS) is 35.5. The number of rotatable bonds is 4. The second kappa shape index (κ2) is 5.88. The van der Waals surface area contributed by atoms with E-state index in [9.17, 15) is 18.3 Å². The number of hydrogen-bond donors (Lipinski definition) is 1. The summed E-state index contributed by atoms with van der Waals surface area (Å²) in [7, 11) is -3.47. The molecule has 0 aromatic rings. The van der Waals surface area contributed by atoms with Gasteiger partial charge in [-0.3, -0.25) is 4.79 Å². The topological polar surface area (TPSA) is 74.7 Å². The molecule has 0 bridgehead atoms. The molecule has 0 aromatic heterocycles. The Labute approximate surface area is 126 Å². The monoisotopic (exact) mass is 315 g/mol. The van der Waals surface area contributed by atoms with Gasteiger partial charge in [0.15, 0.2) is 0 Å². The smallest absolute Gasteiger partial charge is 0.307 e. The van der Waals surface area contributed by atoms with Crippen LogP contribution in [0.15, 0.2) is 0 Å². The maximum atomic E-state index is 13.0. The Kier molecular flexibility index (Phi) is 4.28. The second-order valence-corrected chi connectivity index (χ2v) is 8.93. The molecule has 120 valence electrons. The molecule has 0 radical (unpaired) electrons. The molecule has 0 aromatic carbocycles. The quantitative estimate of drug-likeness (QED) is 0.863. The van der Waals surface area contributed by atoms with E-state index in [2.05, 4.69) is 0 Å². The van der Waals surface area contributed by atoms with Crippen LogP contribution >= 0.6 is 0 Å². The van der Waals surface area contributed by atoms with E-state index in [4.69, 9.17) is 0 Å². The van der Waals surface area contributed by atoms with Crippen LogP contribution in [0.5, 0.6) is 0 Å². The number of carbonyl (C=O) groups is 1. The van der Waals surface area contributed by atoms with E-state index in [0.717, 1.165) is 25.7 Å². The van der Waals surface area contributed by atoms with Gasteiger partial charge in [-0.25, -0.2) is 8.42 Å². The summed E-state index contributed by atoms with van der Waals surface area (Å²) in [6, 6.07) is 0.132. The first-order valence-corrected chi connectivity index (χ1v) is 9.75. The Morgan fingerprint density at radius 3 is 2.33 bits per heavy atom. The lowest BCUT2D eigenvalue weighted by atomic mass is 9.97. The highest BCUT2D eigenvalue weighted by Crippen LogP contribution is 2.40. The van der Waals surface area contributed by atoms with Gasteiger partial charge in [0.25, 0.3) is 0 Å². The fraction of sp³-hybridized carbons (Fsp3) is 0.933. The molecule has 0 spiro atoms. The minimum absolute atomic E-state index is 0.132. The predicted octanol–water partition coefficient (Wildman–Crippen LogP) is 2.22. The van der Waals surface area contributed by atoms with Gasteiger partial charge in [0, 0.05) is 12.6 Å². The molecule has 2 saturated carbocycles. The second-order valence-electron chi connectivity index (χ2n) is 6.82. The highest BCUT2D eigenvalue weighted by atomic mass is 32.2. The third-order valence-corrected chi connectivity index (χ3v) is 8.11.